The summed E-state index contributed by atoms with van der Waals surface area (Å²) < 4.78 is 46.2. The first kappa shape index (κ1) is 30.6. The van der Waals surface area contributed by atoms with Crippen LogP contribution in [-0.2, 0) is 4.74 Å². The Morgan fingerprint density at radius 1 is 1.06 bits per heavy atom. The summed E-state index contributed by atoms with van der Waals surface area (Å²) in [6.45, 7) is 5.26. The molecular formula is C33H33F2N7O5. The molecule has 3 fully saturated rings. The van der Waals surface area contributed by atoms with E-state index in [0.717, 1.165) is 62.1 Å². The smallest absolute Gasteiger partial charge is 0.410 e. The third-order valence-electron chi connectivity index (χ3n) is 9.12. The number of H-pyrrole nitrogens is 1. The maximum atomic E-state index is 14.7. The third-order valence-corrected chi connectivity index (χ3v) is 9.12. The number of nitrogens with one attached hydrogen (secondary N) is 1. The summed E-state index contributed by atoms with van der Waals surface area (Å²) in [5.41, 5.74) is 4.31. The first-order valence-electron chi connectivity index (χ1n) is 15.4. The number of piperidine rings is 1. The highest BCUT2D eigenvalue weighted by atomic mass is 19.3. The van der Waals surface area contributed by atoms with Crippen LogP contribution in [0.5, 0.6) is 11.5 Å². The van der Waals surface area contributed by atoms with Crippen molar-refractivity contribution in [1.29, 1.82) is 5.26 Å². The number of ether oxygens (including phenoxy) is 3. The van der Waals surface area contributed by atoms with Crippen LogP contribution >= 0.6 is 0 Å². The van der Waals surface area contributed by atoms with Crippen LogP contribution in [0.3, 0.4) is 0 Å². The molecule has 3 aliphatic heterocycles. The molecule has 0 spiro atoms. The van der Waals surface area contributed by atoms with Gasteiger partial charge in [0.05, 0.1) is 43.3 Å². The Morgan fingerprint density at radius 2 is 1.85 bits per heavy atom. The van der Waals surface area contributed by atoms with Gasteiger partial charge in [0, 0.05) is 61.4 Å². The zero-order valence-electron chi connectivity index (χ0n) is 25.7. The average molecular weight is 646 g/mol. The summed E-state index contributed by atoms with van der Waals surface area (Å²) in [7, 11) is 1.66. The molecule has 2 aromatic heterocycles. The second-order valence-electron chi connectivity index (χ2n) is 11.9. The molecule has 7 rings (SSSR count). The lowest BCUT2D eigenvalue weighted by atomic mass is 10.0. The van der Waals surface area contributed by atoms with Gasteiger partial charge in [0.25, 0.3) is 0 Å². The number of carboxylic acid groups (broad SMARTS) is 1. The van der Waals surface area contributed by atoms with Crippen LogP contribution in [0.25, 0.3) is 33.5 Å². The number of amides is 1. The standard InChI is InChI=1S/C33H33F2N7O5/c1-45-28-14-20(3-5-26(28)41-11-9-40(10-12-41)23-17-46-18-23)25-15-24-29(37-19-38-30(24)39-25)21-4-6-27(22(13-21)16-36)47-31-33(34,35)7-2-8-42(31)32(43)44/h3-6,13-15,19,23,31H,2,7-12,17-18H2,1H3,(H,43,44)(H,37,38,39). The molecule has 14 heteroatoms. The molecule has 5 heterocycles. The monoisotopic (exact) mass is 645 g/mol. The number of hydrogen-bond donors (Lipinski definition) is 2. The minimum atomic E-state index is -3.41. The van der Waals surface area contributed by atoms with Gasteiger partial charge in [-0.05, 0) is 42.8 Å². The Balaban J connectivity index is 1.15. The molecule has 1 unspecified atom stereocenters. The normalized spacial score (nSPS) is 20.1. The Morgan fingerprint density at radius 3 is 2.55 bits per heavy atom. The number of rotatable bonds is 7. The van der Waals surface area contributed by atoms with E-state index in [-0.39, 0.29) is 24.3 Å². The van der Waals surface area contributed by atoms with Crippen molar-refractivity contribution in [3.8, 4) is 40.1 Å². The molecule has 1 amide bonds. The molecular weight excluding hydrogens is 612 g/mol. The molecule has 2 N–H and O–H groups in total. The Kier molecular flexibility index (Phi) is 8.03. The van der Waals surface area contributed by atoms with E-state index < -0.39 is 24.7 Å². The van der Waals surface area contributed by atoms with E-state index in [9.17, 15) is 23.9 Å². The van der Waals surface area contributed by atoms with Crippen molar-refractivity contribution >= 4 is 22.8 Å². The number of carbonyl (C=O) groups is 1. The van der Waals surface area contributed by atoms with Gasteiger partial charge in [0.15, 0.2) is 0 Å². The number of likely N-dealkylation sites (tertiary alicyclic amines) is 1. The SMILES string of the molecule is COc1cc(-c2cc3c(-c4ccc(OC5N(C(=O)O)CCCC5(F)F)c(C#N)c4)ncnc3[nH]2)ccc1N1CCN(C2COC2)CC1. The lowest BCUT2D eigenvalue weighted by Crippen LogP contribution is -2.57. The van der Waals surface area contributed by atoms with Crippen molar-refractivity contribution in [2.45, 2.75) is 31.0 Å². The minimum absolute atomic E-state index is 0.0106. The second-order valence-corrected chi connectivity index (χ2v) is 11.9. The maximum absolute atomic E-state index is 14.7. The fourth-order valence-corrected chi connectivity index (χ4v) is 6.48. The topological polar surface area (TPSA) is 140 Å². The lowest BCUT2D eigenvalue weighted by Gasteiger charge is -2.43. The van der Waals surface area contributed by atoms with Crippen LogP contribution in [-0.4, -0.2) is 107 Å². The predicted molar refractivity (Wildman–Crippen MR) is 168 cm³/mol. The van der Waals surface area contributed by atoms with Crippen LogP contribution in [0.15, 0.2) is 48.8 Å². The van der Waals surface area contributed by atoms with Crippen molar-refractivity contribution in [2.75, 3.05) is 57.9 Å². The minimum Gasteiger partial charge on any atom is -0.495 e. The van der Waals surface area contributed by atoms with E-state index in [1.165, 1.54) is 18.5 Å². The third kappa shape index (κ3) is 5.77. The highest BCUT2D eigenvalue weighted by molar-refractivity contribution is 5.94. The average Bonchev–Trinajstić information content (AvgIpc) is 3.50. The zero-order chi connectivity index (χ0) is 32.7. The van der Waals surface area contributed by atoms with Crippen molar-refractivity contribution < 1.29 is 32.9 Å². The van der Waals surface area contributed by atoms with Crippen LogP contribution in [0, 0.1) is 11.3 Å². The maximum Gasteiger partial charge on any atom is 0.410 e. The van der Waals surface area contributed by atoms with Gasteiger partial charge in [-0.3, -0.25) is 9.80 Å². The molecule has 0 radical (unpaired) electrons. The molecule has 47 heavy (non-hydrogen) atoms. The molecule has 1 atom stereocenters. The Bertz CT molecular complexity index is 1850. The van der Waals surface area contributed by atoms with Gasteiger partial charge in [-0.1, -0.05) is 6.07 Å². The highest BCUT2D eigenvalue weighted by Gasteiger charge is 2.50. The van der Waals surface area contributed by atoms with E-state index in [2.05, 4.69) is 30.8 Å². The number of nitriles is 1. The predicted octanol–water partition coefficient (Wildman–Crippen LogP) is 4.81. The van der Waals surface area contributed by atoms with Crippen LogP contribution in [0.2, 0.25) is 0 Å². The first-order chi connectivity index (χ1) is 22.8. The second kappa shape index (κ2) is 12.3. The number of halogens is 2. The number of anilines is 1. The summed E-state index contributed by atoms with van der Waals surface area (Å²) in [5, 5.41) is 20.1. The lowest BCUT2D eigenvalue weighted by molar-refractivity contribution is -0.175. The summed E-state index contributed by atoms with van der Waals surface area (Å²) >= 11 is 0. The van der Waals surface area contributed by atoms with E-state index >= 15 is 0 Å². The molecule has 0 bridgehead atoms. The zero-order valence-corrected chi connectivity index (χ0v) is 25.7. The first-order valence-corrected chi connectivity index (χ1v) is 15.4. The van der Waals surface area contributed by atoms with Gasteiger partial charge in [-0.25, -0.2) is 23.5 Å². The fraction of sp³-hybridized carbons (Fsp3) is 0.394. The number of aromatic nitrogens is 3. The number of methoxy groups -OCH3 is 1. The quantitative estimate of drug-likeness (QED) is 0.288. The van der Waals surface area contributed by atoms with Crippen molar-refractivity contribution in [1.82, 2.24) is 24.8 Å². The van der Waals surface area contributed by atoms with Crippen molar-refractivity contribution in [3.63, 3.8) is 0 Å². The largest absolute Gasteiger partial charge is 0.495 e. The van der Waals surface area contributed by atoms with E-state index in [1.54, 1.807) is 13.2 Å². The summed E-state index contributed by atoms with van der Waals surface area (Å²) in [4.78, 5) is 29.3. The summed E-state index contributed by atoms with van der Waals surface area (Å²) in [5.74, 6) is -2.80. The number of piperazine rings is 1. The number of hydrogen-bond acceptors (Lipinski definition) is 9. The molecule has 244 valence electrons. The van der Waals surface area contributed by atoms with Gasteiger partial charge in [0.2, 0.25) is 6.23 Å². The van der Waals surface area contributed by atoms with Crippen molar-refractivity contribution in [3.05, 3.63) is 54.4 Å². The van der Waals surface area contributed by atoms with Crippen LogP contribution in [0.1, 0.15) is 18.4 Å². The summed E-state index contributed by atoms with van der Waals surface area (Å²) in [6.07, 6.45) is -2.66. The molecule has 4 aromatic rings. The van der Waals surface area contributed by atoms with Gasteiger partial charge < -0.3 is 29.2 Å². The van der Waals surface area contributed by atoms with E-state index in [4.69, 9.17) is 14.2 Å². The molecule has 3 saturated heterocycles. The number of benzene rings is 2. The number of nitrogens with zero attached hydrogens (tertiary/aromatic N) is 6. The summed E-state index contributed by atoms with van der Waals surface area (Å²) in [6, 6.07) is 15.0. The van der Waals surface area contributed by atoms with Gasteiger partial charge in [0.1, 0.15) is 29.5 Å². The highest BCUT2D eigenvalue weighted by Crippen LogP contribution is 2.39. The Labute approximate surface area is 269 Å². The Hall–Kier alpha value is -5.00. The molecule has 2 aromatic carbocycles. The number of alkyl halides is 2. The molecule has 12 nitrogen and oxygen atoms in total. The fourth-order valence-electron chi connectivity index (χ4n) is 6.48. The van der Waals surface area contributed by atoms with E-state index in [1.807, 2.05) is 24.3 Å². The van der Waals surface area contributed by atoms with Crippen molar-refractivity contribution in [2.24, 2.45) is 0 Å². The number of fused-ring (bicyclic) bond motifs is 1. The molecule has 3 aliphatic rings. The van der Waals surface area contributed by atoms with Gasteiger partial charge in [-0.2, -0.15) is 5.26 Å². The van der Waals surface area contributed by atoms with E-state index in [0.29, 0.717) is 33.2 Å². The van der Waals surface area contributed by atoms with Gasteiger partial charge in [-0.15, -0.1) is 0 Å². The molecule has 0 saturated carbocycles. The van der Waals surface area contributed by atoms with Crippen LogP contribution in [0.4, 0.5) is 19.3 Å². The number of aromatic amines is 1. The molecule has 0 aliphatic carbocycles. The van der Waals surface area contributed by atoms with Gasteiger partial charge >= 0.3 is 12.0 Å². The van der Waals surface area contributed by atoms with Crippen LogP contribution < -0.4 is 14.4 Å².